The highest BCUT2D eigenvalue weighted by Gasteiger charge is 2.49. The average Bonchev–Trinajstić information content (AvgIpc) is 3.25. The Morgan fingerprint density at radius 1 is 1.22 bits per heavy atom. The Labute approximate surface area is 224 Å². The van der Waals surface area contributed by atoms with E-state index in [9.17, 15) is 22.4 Å². The number of sulfone groups is 1. The number of fused-ring (bicyclic) bond motifs is 1. The first-order valence-electron chi connectivity index (χ1n) is 11.6. The number of ether oxygens (including phenoxy) is 1. The van der Waals surface area contributed by atoms with Gasteiger partial charge in [0.2, 0.25) is 0 Å². The van der Waals surface area contributed by atoms with Crippen molar-refractivity contribution in [1.82, 2.24) is 5.32 Å². The molecule has 0 aromatic heterocycles. The molecule has 2 aliphatic heterocycles. The van der Waals surface area contributed by atoms with E-state index in [1.165, 1.54) is 12.1 Å². The topological polar surface area (TPSA) is 105 Å². The molecule has 2 saturated heterocycles. The summed E-state index contributed by atoms with van der Waals surface area (Å²) in [5.74, 6) is -1.54. The monoisotopic (exact) mass is 567 g/mol. The van der Waals surface area contributed by atoms with Gasteiger partial charge in [-0.3, -0.25) is 4.79 Å². The van der Waals surface area contributed by atoms with E-state index in [1.807, 2.05) is 30.3 Å². The summed E-state index contributed by atoms with van der Waals surface area (Å²) in [7, 11) is -3.30. The van der Waals surface area contributed by atoms with Crippen LogP contribution >= 0.6 is 23.4 Å². The molecule has 3 atom stereocenters. The molecule has 0 spiro atoms. The highest BCUT2D eigenvalue weighted by atomic mass is 35.5. The summed E-state index contributed by atoms with van der Waals surface area (Å²) in [5.41, 5.74) is 0.372. The number of amides is 2. The van der Waals surface area contributed by atoms with Crippen molar-refractivity contribution in [3.05, 3.63) is 64.9 Å². The van der Waals surface area contributed by atoms with Gasteiger partial charge in [0.25, 0.3) is 5.91 Å². The Bertz CT molecular complexity index is 1330. The van der Waals surface area contributed by atoms with Gasteiger partial charge in [-0.2, -0.15) is 4.99 Å². The number of nitrogens with one attached hydrogen (secondary N) is 1. The predicted octanol–water partition coefficient (Wildman–Crippen LogP) is 4.22. The number of thioether (sulfide) groups is 1. The fraction of sp³-hybridized carbons (Fsp3) is 0.400. The number of amidine groups is 1. The smallest absolute Gasteiger partial charge is 0.408 e. The second kappa shape index (κ2) is 10.6. The van der Waals surface area contributed by atoms with E-state index in [1.54, 1.807) is 31.7 Å². The Morgan fingerprint density at radius 2 is 1.92 bits per heavy atom. The van der Waals surface area contributed by atoms with Crippen LogP contribution in [0.3, 0.4) is 0 Å². The summed E-state index contributed by atoms with van der Waals surface area (Å²) in [4.78, 5) is 31.8. The summed E-state index contributed by atoms with van der Waals surface area (Å²) in [5, 5.41) is 2.40. The van der Waals surface area contributed by atoms with E-state index in [4.69, 9.17) is 16.3 Å². The van der Waals surface area contributed by atoms with Crippen LogP contribution in [0, 0.1) is 5.82 Å². The van der Waals surface area contributed by atoms with Crippen LogP contribution in [0.15, 0.2) is 53.5 Å². The lowest BCUT2D eigenvalue weighted by molar-refractivity contribution is -0.119. The van der Waals surface area contributed by atoms with Gasteiger partial charge in [-0.1, -0.05) is 53.7 Å². The number of halogens is 2. The number of alkyl carbamates (subject to hydrolysis) is 1. The molecule has 12 heteroatoms. The lowest BCUT2D eigenvalue weighted by Gasteiger charge is -2.25. The van der Waals surface area contributed by atoms with Gasteiger partial charge in [0, 0.05) is 17.4 Å². The molecule has 4 rings (SSSR count). The Morgan fingerprint density at radius 3 is 2.57 bits per heavy atom. The molecule has 0 unspecified atom stereocenters. The Hall–Kier alpha value is -2.63. The molecule has 2 aliphatic rings. The summed E-state index contributed by atoms with van der Waals surface area (Å²) >= 11 is 7.00. The number of nitrogens with zero attached hydrogens (tertiary/aromatic N) is 2. The number of hydrogen-bond donors (Lipinski definition) is 1. The highest BCUT2D eigenvalue weighted by Crippen LogP contribution is 2.41. The van der Waals surface area contributed by atoms with Crippen LogP contribution in [0.25, 0.3) is 0 Å². The van der Waals surface area contributed by atoms with Crippen LogP contribution in [-0.2, 0) is 25.8 Å². The quantitative estimate of drug-likeness (QED) is 0.577. The fourth-order valence-corrected chi connectivity index (χ4v) is 8.21. The van der Waals surface area contributed by atoms with Crippen molar-refractivity contribution < 1.29 is 27.1 Å². The first kappa shape index (κ1) is 27.4. The van der Waals surface area contributed by atoms with E-state index in [2.05, 4.69) is 10.3 Å². The largest absolute Gasteiger partial charge is 0.444 e. The zero-order valence-corrected chi connectivity index (χ0v) is 22.9. The molecule has 2 fully saturated rings. The molecule has 0 aliphatic carbocycles. The molecule has 1 N–H and O–H groups in total. The molecule has 2 amide bonds. The summed E-state index contributed by atoms with van der Waals surface area (Å²) in [6, 6.07) is 11.7. The third kappa shape index (κ3) is 6.82. The molecule has 8 nitrogen and oxygen atoms in total. The molecular formula is C25H27ClFN3O5S2. The average molecular weight is 568 g/mol. The van der Waals surface area contributed by atoms with Gasteiger partial charge in [0.05, 0.1) is 22.6 Å². The van der Waals surface area contributed by atoms with Crippen LogP contribution < -0.4 is 10.2 Å². The van der Waals surface area contributed by atoms with Crippen LogP contribution in [0.4, 0.5) is 14.9 Å². The third-order valence-corrected chi connectivity index (χ3v) is 9.24. The van der Waals surface area contributed by atoms with Gasteiger partial charge >= 0.3 is 6.09 Å². The van der Waals surface area contributed by atoms with Gasteiger partial charge in [0.1, 0.15) is 17.5 Å². The van der Waals surface area contributed by atoms with Crippen molar-refractivity contribution in [2.75, 3.05) is 16.4 Å². The fourth-order valence-electron chi connectivity index (χ4n) is 4.17. The van der Waals surface area contributed by atoms with E-state index in [-0.39, 0.29) is 33.4 Å². The van der Waals surface area contributed by atoms with E-state index < -0.39 is 45.3 Å². The van der Waals surface area contributed by atoms with Crippen molar-refractivity contribution in [3.8, 4) is 0 Å². The maximum atomic E-state index is 14.3. The van der Waals surface area contributed by atoms with E-state index in [0.29, 0.717) is 5.69 Å². The molecule has 0 bridgehead atoms. The third-order valence-electron chi connectivity index (χ3n) is 5.73. The molecule has 2 aromatic carbocycles. The minimum absolute atomic E-state index is 0.0777. The van der Waals surface area contributed by atoms with Crippen molar-refractivity contribution in [1.29, 1.82) is 0 Å². The summed E-state index contributed by atoms with van der Waals surface area (Å²) < 4.78 is 44.3. The van der Waals surface area contributed by atoms with Crippen LogP contribution in [-0.4, -0.2) is 60.0 Å². The maximum absolute atomic E-state index is 14.3. The van der Waals surface area contributed by atoms with Crippen molar-refractivity contribution in [3.63, 3.8) is 0 Å². The number of benzene rings is 2. The van der Waals surface area contributed by atoms with Crippen LogP contribution in [0.1, 0.15) is 26.3 Å². The second-order valence-electron chi connectivity index (χ2n) is 9.89. The molecule has 2 aromatic rings. The number of carbonyl (C=O) groups excluding carboxylic acids is 2. The van der Waals surface area contributed by atoms with Gasteiger partial charge < -0.3 is 15.0 Å². The van der Waals surface area contributed by atoms with Gasteiger partial charge in [0.15, 0.2) is 15.0 Å². The predicted molar refractivity (Wildman–Crippen MR) is 143 cm³/mol. The molecule has 198 valence electrons. The minimum Gasteiger partial charge on any atom is -0.444 e. The second-order valence-corrected chi connectivity index (χ2v) is 13.7. The van der Waals surface area contributed by atoms with Crippen molar-refractivity contribution in [2.24, 2.45) is 4.99 Å². The minimum atomic E-state index is -3.30. The molecule has 37 heavy (non-hydrogen) atoms. The lowest BCUT2D eigenvalue weighted by atomic mass is 10.1. The van der Waals surface area contributed by atoms with Crippen LogP contribution in [0.5, 0.6) is 0 Å². The standard InChI is InChI=1S/C25H27ClFN3O5S2/c1-25(2,3)35-24(32)28-19(11-15-7-5-4-6-8-15)22(31)29-23-30(16-9-10-17(26)18(27)12-16)20-13-37(33,34)14-21(20)36-23/h4-10,12,19-21H,11,13-14H2,1-3H3,(H,28,32)/t19-,20-,21-/m1/s1. The zero-order valence-electron chi connectivity index (χ0n) is 20.5. The Kier molecular flexibility index (Phi) is 7.87. The van der Waals surface area contributed by atoms with Crippen molar-refractivity contribution >= 4 is 56.1 Å². The summed E-state index contributed by atoms with van der Waals surface area (Å²) in [6.45, 7) is 5.14. The number of carbonyl (C=O) groups is 2. The van der Waals surface area contributed by atoms with Crippen LogP contribution in [0.2, 0.25) is 5.02 Å². The normalized spacial score (nSPS) is 22.5. The Balaban J connectivity index is 1.66. The first-order chi connectivity index (χ1) is 17.3. The van der Waals surface area contributed by atoms with Gasteiger partial charge in [-0.05, 0) is 44.5 Å². The SMILES string of the molecule is CC(C)(C)OC(=O)N[C@H](Cc1ccccc1)C(=O)N=C1S[C@@H]2CS(=O)(=O)C[C@H]2N1c1ccc(Cl)c(F)c1. The van der Waals surface area contributed by atoms with E-state index in [0.717, 1.165) is 17.3 Å². The first-order valence-corrected chi connectivity index (χ1v) is 14.7. The maximum Gasteiger partial charge on any atom is 0.408 e. The lowest BCUT2D eigenvalue weighted by Crippen LogP contribution is -2.45. The van der Waals surface area contributed by atoms with Gasteiger partial charge in [-0.15, -0.1) is 0 Å². The number of aliphatic imine (C=N–C) groups is 1. The number of hydrogen-bond acceptors (Lipinski definition) is 6. The number of rotatable bonds is 5. The molecular weight excluding hydrogens is 541 g/mol. The molecule has 0 radical (unpaired) electrons. The number of anilines is 1. The molecule has 0 saturated carbocycles. The zero-order chi connectivity index (χ0) is 27.0. The highest BCUT2D eigenvalue weighted by molar-refractivity contribution is 8.16. The molecule has 2 heterocycles. The van der Waals surface area contributed by atoms with E-state index >= 15 is 0 Å². The van der Waals surface area contributed by atoms with Crippen molar-refractivity contribution in [2.45, 2.75) is 50.1 Å². The summed E-state index contributed by atoms with van der Waals surface area (Å²) in [6.07, 6.45) is -0.599. The van der Waals surface area contributed by atoms with Gasteiger partial charge in [-0.25, -0.2) is 17.6 Å².